The molecule has 42 heavy (non-hydrogen) atoms. The van der Waals surface area contributed by atoms with Crippen molar-refractivity contribution in [3.8, 4) is 56.6 Å². The predicted molar refractivity (Wildman–Crippen MR) is 168 cm³/mol. The third-order valence-corrected chi connectivity index (χ3v) is 7.78. The normalized spacial score (nSPS) is 10.8. The lowest BCUT2D eigenvalue weighted by molar-refractivity contribution is 1.30. The summed E-state index contributed by atoms with van der Waals surface area (Å²) in [6.45, 7) is 0. The van der Waals surface area contributed by atoms with E-state index < -0.39 is 0 Å². The van der Waals surface area contributed by atoms with Crippen molar-refractivity contribution in [3.05, 3.63) is 145 Å². The number of hydrogen-bond donors (Lipinski definition) is 0. The molecule has 2 heterocycles. The SMILES string of the molecule is N#Cc1cnccc1-c1ccc(-c2c3ccccc3c(-c3ccc(-c4ccncc4C#N)cc3)c3ccccc23)cc1. The van der Waals surface area contributed by atoms with Gasteiger partial charge in [-0.1, -0.05) is 97.1 Å². The van der Waals surface area contributed by atoms with E-state index in [1.54, 1.807) is 24.8 Å². The number of fused-ring (bicyclic) bond motifs is 2. The third kappa shape index (κ3) is 4.16. The van der Waals surface area contributed by atoms with Crippen molar-refractivity contribution in [1.82, 2.24) is 9.97 Å². The van der Waals surface area contributed by atoms with Crippen molar-refractivity contribution in [2.45, 2.75) is 0 Å². The molecule has 4 nitrogen and oxygen atoms in total. The summed E-state index contributed by atoms with van der Waals surface area (Å²) in [6.07, 6.45) is 6.65. The fourth-order valence-electron chi connectivity index (χ4n) is 5.85. The van der Waals surface area contributed by atoms with Crippen LogP contribution in [0.1, 0.15) is 11.1 Å². The van der Waals surface area contributed by atoms with Crippen LogP contribution < -0.4 is 0 Å². The van der Waals surface area contributed by atoms with E-state index >= 15 is 0 Å². The summed E-state index contributed by atoms with van der Waals surface area (Å²) in [5, 5.41) is 23.8. The number of hydrogen-bond acceptors (Lipinski definition) is 4. The van der Waals surface area contributed by atoms with Gasteiger partial charge in [-0.2, -0.15) is 10.5 Å². The molecule has 0 aliphatic rings. The van der Waals surface area contributed by atoms with E-state index in [-0.39, 0.29) is 0 Å². The van der Waals surface area contributed by atoms with E-state index in [2.05, 4.69) is 119 Å². The van der Waals surface area contributed by atoms with Crippen LogP contribution in [0.4, 0.5) is 0 Å². The highest BCUT2D eigenvalue weighted by Gasteiger charge is 2.17. The Hall–Kier alpha value is -6.10. The number of rotatable bonds is 4. The first-order valence-corrected chi connectivity index (χ1v) is 13.6. The Balaban J connectivity index is 1.41. The maximum absolute atomic E-state index is 9.56. The fourth-order valence-corrected chi connectivity index (χ4v) is 5.85. The predicted octanol–water partition coefficient (Wildman–Crippen LogP) is 9.19. The van der Waals surface area contributed by atoms with Crippen molar-refractivity contribution < 1.29 is 0 Å². The Labute approximate surface area is 243 Å². The molecular weight excluding hydrogens is 512 g/mol. The zero-order valence-corrected chi connectivity index (χ0v) is 22.5. The lowest BCUT2D eigenvalue weighted by Gasteiger charge is -2.18. The van der Waals surface area contributed by atoms with Gasteiger partial charge in [0.1, 0.15) is 12.1 Å². The van der Waals surface area contributed by atoms with E-state index in [9.17, 15) is 10.5 Å². The number of aromatic nitrogens is 2. The van der Waals surface area contributed by atoms with E-state index in [4.69, 9.17) is 0 Å². The molecule has 7 rings (SSSR count). The number of benzene rings is 5. The minimum Gasteiger partial charge on any atom is -0.263 e. The number of pyridine rings is 2. The zero-order chi connectivity index (χ0) is 28.5. The molecule has 0 aliphatic carbocycles. The topological polar surface area (TPSA) is 73.4 Å². The second-order valence-electron chi connectivity index (χ2n) is 10.1. The summed E-state index contributed by atoms with van der Waals surface area (Å²) in [5.41, 5.74) is 9.42. The molecule has 0 radical (unpaired) electrons. The summed E-state index contributed by atoms with van der Waals surface area (Å²) < 4.78 is 0. The molecule has 0 unspecified atom stereocenters. The van der Waals surface area contributed by atoms with Crippen molar-refractivity contribution in [2.75, 3.05) is 0 Å². The molecule has 0 atom stereocenters. The van der Waals surface area contributed by atoms with Gasteiger partial charge in [0.25, 0.3) is 0 Å². The largest absolute Gasteiger partial charge is 0.263 e. The van der Waals surface area contributed by atoms with Crippen LogP contribution in [-0.2, 0) is 0 Å². The maximum atomic E-state index is 9.56. The second kappa shape index (κ2) is 10.5. The average Bonchev–Trinajstić information content (AvgIpc) is 3.07. The Kier molecular flexibility index (Phi) is 6.21. The smallest absolute Gasteiger partial charge is 0.101 e. The van der Waals surface area contributed by atoms with Gasteiger partial charge in [-0.3, -0.25) is 9.97 Å². The fraction of sp³-hybridized carbons (Fsp3) is 0. The van der Waals surface area contributed by atoms with Gasteiger partial charge in [-0.15, -0.1) is 0 Å². The molecule has 0 saturated carbocycles. The van der Waals surface area contributed by atoms with Crippen molar-refractivity contribution >= 4 is 21.5 Å². The highest BCUT2D eigenvalue weighted by atomic mass is 14.6. The van der Waals surface area contributed by atoms with Crippen molar-refractivity contribution in [3.63, 3.8) is 0 Å². The molecule has 0 aliphatic heterocycles. The van der Waals surface area contributed by atoms with Gasteiger partial charge in [0, 0.05) is 35.9 Å². The van der Waals surface area contributed by atoms with E-state index in [0.29, 0.717) is 11.1 Å². The summed E-state index contributed by atoms with van der Waals surface area (Å²) in [7, 11) is 0. The molecule has 0 N–H and O–H groups in total. The molecule has 194 valence electrons. The first kappa shape index (κ1) is 24.9. The van der Waals surface area contributed by atoms with Gasteiger partial charge < -0.3 is 0 Å². The Morgan fingerprint density at radius 3 is 1.07 bits per heavy atom. The molecule has 0 spiro atoms. The lowest BCUT2D eigenvalue weighted by Crippen LogP contribution is -1.92. The first-order valence-electron chi connectivity index (χ1n) is 13.6. The average molecular weight is 535 g/mol. The van der Waals surface area contributed by atoms with Gasteiger partial charge in [0.2, 0.25) is 0 Å². The molecule has 0 amide bonds. The van der Waals surface area contributed by atoms with Gasteiger partial charge in [-0.05, 0) is 67.1 Å². The maximum Gasteiger partial charge on any atom is 0.101 e. The van der Waals surface area contributed by atoms with Crippen LogP contribution >= 0.6 is 0 Å². The molecule has 0 saturated heterocycles. The molecule has 5 aromatic carbocycles. The number of nitriles is 2. The van der Waals surface area contributed by atoms with E-state index in [0.717, 1.165) is 33.4 Å². The van der Waals surface area contributed by atoms with Gasteiger partial charge in [-0.25, -0.2) is 0 Å². The second-order valence-corrected chi connectivity index (χ2v) is 10.1. The van der Waals surface area contributed by atoms with Crippen LogP contribution in [0.25, 0.3) is 66.1 Å². The minimum atomic E-state index is 0.560. The minimum absolute atomic E-state index is 0.560. The van der Waals surface area contributed by atoms with E-state index in [1.807, 2.05) is 12.1 Å². The van der Waals surface area contributed by atoms with Crippen LogP contribution in [0.2, 0.25) is 0 Å². The molecule has 7 aromatic rings. The molecule has 0 fully saturated rings. The number of nitrogens with zero attached hydrogens (tertiary/aromatic N) is 4. The zero-order valence-electron chi connectivity index (χ0n) is 22.5. The van der Waals surface area contributed by atoms with Crippen LogP contribution in [0.15, 0.2) is 134 Å². The highest BCUT2D eigenvalue weighted by Crippen LogP contribution is 2.44. The Morgan fingerprint density at radius 1 is 0.405 bits per heavy atom. The quantitative estimate of drug-likeness (QED) is 0.211. The first-order chi connectivity index (χ1) is 20.8. The van der Waals surface area contributed by atoms with Crippen molar-refractivity contribution in [2.24, 2.45) is 0 Å². The van der Waals surface area contributed by atoms with Gasteiger partial charge in [0.15, 0.2) is 0 Å². The summed E-state index contributed by atoms with van der Waals surface area (Å²) in [4.78, 5) is 8.20. The summed E-state index contributed by atoms with van der Waals surface area (Å²) in [6, 6.07) is 42.3. The molecule has 2 aromatic heterocycles. The van der Waals surface area contributed by atoms with Crippen LogP contribution in [0.3, 0.4) is 0 Å². The lowest BCUT2D eigenvalue weighted by atomic mass is 9.85. The molecular formula is C38H22N4. The van der Waals surface area contributed by atoms with Crippen LogP contribution in [0.5, 0.6) is 0 Å². The van der Waals surface area contributed by atoms with E-state index in [1.165, 1.54) is 32.7 Å². The Bertz CT molecular complexity index is 1980. The molecule has 4 heteroatoms. The summed E-state index contributed by atoms with van der Waals surface area (Å²) >= 11 is 0. The highest BCUT2D eigenvalue weighted by molar-refractivity contribution is 6.21. The van der Waals surface area contributed by atoms with Gasteiger partial charge >= 0.3 is 0 Å². The van der Waals surface area contributed by atoms with Crippen LogP contribution in [-0.4, -0.2) is 9.97 Å². The standard InChI is InChI=1S/C38H22N4/c39-21-29-23-41-19-17-31(29)25-9-13-27(14-10-25)37-33-5-1-2-6-34(33)38(36-8-4-3-7-35(36)37)28-15-11-26(12-16-28)32-18-20-42-24-30(32)22-40/h1-20,23-24H. The Morgan fingerprint density at radius 2 is 0.738 bits per heavy atom. The van der Waals surface area contributed by atoms with Crippen LogP contribution in [0, 0.1) is 22.7 Å². The molecule has 0 bridgehead atoms. The van der Waals surface area contributed by atoms with Crippen molar-refractivity contribution in [1.29, 1.82) is 10.5 Å². The monoisotopic (exact) mass is 534 g/mol. The summed E-state index contributed by atoms with van der Waals surface area (Å²) in [5.74, 6) is 0. The van der Waals surface area contributed by atoms with Gasteiger partial charge in [0.05, 0.1) is 11.1 Å². The third-order valence-electron chi connectivity index (χ3n) is 7.78.